The van der Waals surface area contributed by atoms with E-state index in [-0.39, 0.29) is 12.1 Å². The smallest absolute Gasteiger partial charge is 0.256 e. The number of ether oxygens (including phenoxy) is 1. The number of benzene rings is 1. The lowest BCUT2D eigenvalue weighted by atomic mass is 9.88. The molecule has 2 aromatic rings. The molecule has 4 rings (SSSR count). The van der Waals surface area contributed by atoms with E-state index >= 15 is 0 Å². The van der Waals surface area contributed by atoms with E-state index in [1.807, 2.05) is 25.1 Å². The van der Waals surface area contributed by atoms with Crippen LogP contribution in [0, 0.1) is 5.92 Å². The van der Waals surface area contributed by atoms with Gasteiger partial charge in [0.1, 0.15) is 16.9 Å². The zero-order valence-electron chi connectivity index (χ0n) is 14.3. The minimum absolute atomic E-state index is 0.0215. The Hall–Kier alpha value is -1.53. The molecule has 6 heteroatoms. The first-order valence-corrected chi connectivity index (χ1v) is 10.3. The number of hydrogen-bond donors (Lipinski definition) is 2. The van der Waals surface area contributed by atoms with Crippen LogP contribution in [0.4, 0.5) is 5.00 Å². The Morgan fingerprint density at radius 2 is 2.20 bits per heavy atom. The molecule has 1 aliphatic carbocycles. The second-order valence-corrected chi connectivity index (χ2v) is 8.74. The first kappa shape index (κ1) is 16.9. The summed E-state index contributed by atoms with van der Waals surface area (Å²) in [5.41, 5.74) is 3.05. The maximum Gasteiger partial charge on any atom is 0.256 e. The topological polar surface area (TPSA) is 50.4 Å². The molecule has 2 aliphatic rings. The fraction of sp³-hybridized carbons (Fsp3) is 0.421. The normalized spacial score (nSPS) is 21.8. The standard InChI is InChI=1S/C19H21BrN2O2S/c1-3-24-14-7-5-11(20)9-13(14)17-21-18(23)16-12-6-4-10(2)8-15(12)25-19(16)22-17/h5,7,9-10,17,22H,3-4,6,8H2,1-2H3,(H,21,23)/t10-,17+/m0/s1. The molecule has 0 bridgehead atoms. The molecule has 2 atom stereocenters. The van der Waals surface area contributed by atoms with Crippen LogP contribution in [0.5, 0.6) is 5.75 Å². The Bertz CT molecular complexity index is 833. The van der Waals surface area contributed by atoms with Crippen LogP contribution in [-0.4, -0.2) is 12.5 Å². The molecule has 0 unspecified atom stereocenters. The molecule has 0 spiro atoms. The molecule has 132 valence electrons. The van der Waals surface area contributed by atoms with Crippen molar-refractivity contribution in [2.75, 3.05) is 11.9 Å². The molecule has 1 aromatic carbocycles. The summed E-state index contributed by atoms with van der Waals surface area (Å²) in [6.45, 7) is 4.84. The van der Waals surface area contributed by atoms with E-state index < -0.39 is 0 Å². The van der Waals surface area contributed by atoms with Gasteiger partial charge in [0.2, 0.25) is 0 Å². The molecule has 2 heterocycles. The maximum atomic E-state index is 12.8. The van der Waals surface area contributed by atoms with Gasteiger partial charge in [-0.2, -0.15) is 0 Å². The molecular formula is C19H21BrN2O2S. The van der Waals surface area contributed by atoms with Gasteiger partial charge in [-0.15, -0.1) is 11.3 Å². The second kappa shape index (κ2) is 6.65. The average Bonchev–Trinajstić information content (AvgIpc) is 2.94. The molecule has 2 N–H and O–H groups in total. The minimum Gasteiger partial charge on any atom is -0.493 e. The first-order valence-electron chi connectivity index (χ1n) is 8.71. The van der Waals surface area contributed by atoms with E-state index in [0.717, 1.165) is 45.6 Å². The van der Waals surface area contributed by atoms with Gasteiger partial charge < -0.3 is 15.4 Å². The number of anilines is 1. The summed E-state index contributed by atoms with van der Waals surface area (Å²) in [6, 6.07) is 5.90. The minimum atomic E-state index is -0.281. The molecule has 0 saturated carbocycles. The number of carbonyl (C=O) groups excluding carboxylic acids is 1. The van der Waals surface area contributed by atoms with Crippen molar-refractivity contribution < 1.29 is 9.53 Å². The number of amides is 1. The number of rotatable bonds is 3. The average molecular weight is 421 g/mol. The third kappa shape index (κ3) is 3.06. The summed E-state index contributed by atoms with van der Waals surface area (Å²) in [6.07, 6.45) is 2.96. The molecule has 0 fully saturated rings. The Balaban J connectivity index is 1.71. The molecule has 25 heavy (non-hydrogen) atoms. The molecule has 0 radical (unpaired) electrons. The zero-order valence-corrected chi connectivity index (χ0v) is 16.7. The summed E-state index contributed by atoms with van der Waals surface area (Å²) in [5.74, 6) is 1.51. The van der Waals surface area contributed by atoms with E-state index in [1.54, 1.807) is 11.3 Å². The molecule has 1 aromatic heterocycles. The van der Waals surface area contributed by atoms with Crippen LogP contribution in [0.3, 0.4) is 0 Å². The number of fused-ring (bicyclic) bond motifs is 3. The number of thiophene rings is 1. The van der Waals surface area contributed by atoms with Crippen molar-refractivity contribution in [3.8, 4) is 5.75 Å². The van der Waals surface area contributed by atoms with Gasteiger partial charge in [0.05, 0.1) is 12.2 Å². The Morgan fingerprint density at radius 1 is 1.36 bits per heavy atom. The fourth-order valence-electron chi connectivity index (χ4n) is 3.65. The van der Waals surface area contributed by atoms with E-state index in [2.05, 4.69) is 33.5 Å². The summed E-state index contributed by atoms with van der Waals surface area (Å²) < 4.78 is 6.72. The summed E-state index contributed by atoms with van der Waals surface area (Å²) in [7, 11) is 0. The quantitative estimate of drug-likeness (QED) is 0.742. The van der Waals surface area contributed by atoms with Gasteiger partial charge >= 0.3 is 0 Å². The lowest BCUT2D eigenvalue weighted by Crippen LogP contribution is -2.38. The van der Waals surface area contributed by atoms with Crippen molar-refractivity contribution in [2.45, 2.75) is 39.3 Å². The van der Waals surface area contributed by atoms with Gasteiger partial charge in [0.15, 0.2) is 0 Å². The third-order valence-corrected chi connectivity index (χ3v) is 6.55. The van der Waals surface area contributed by atoms with Crippen LogP contribution in [0.25, 0.3) is 0 Å². The van der Waals surface area contributed by atoms with Crippen LogP contribution in [0.1, 0.15) is 52.8 Å². The number of nitrogens with one attached hydrogen (secondary N) is 2. The maximum absolute atomic E-state index is 12.8. The van der Waals surface area contributed by atoms with Crippen molar-refractivity contribution in [1.29, 1.82) is 0 Å². The van der Waals surface area contributed by atoms with Crippen molar-refractivity contribution >= 4 is 38.2 Å². The van der Waals surface area contributed by atoms with E-state index in [9.17, 15) is 4.79 Å². The van der Waals surface area contributed by atoms with E-state index in [4.69, 9.17) is 4.74 Å². The van der Waals surface area contributed by atoms with E-state index in [1.165, 1.54) is 10.4 Å². The lowest BCUT2D eigenvalue weighted by Gasteiger charge is -2.28. The molecule has 4 nitrogen and oxygen atoms in total. The van der Waals surface area contributed by atoms with Gasteiger partial charge in [-0.25, -0.2) is 0 Å². The Morgan fingerprint density at radius 3 is 3.00 bits per heavy atom. The van der Waals surface area contributed by atoms with Gasteiger partial charge in [0.25, 0.3) is 5.91 Å². The number of hydrogen-bond acceptors (Lipinski definition) is 4. The monoisotopic (exact) mass is 420 g/mol. The summed E-state index contributed by atoms with van der Waals surface area (Å²) >= 11 is 5.26. The highest BCUT2D eigenvalue weighted by Crippen LogP contribution is 2.43. The summed E-state index contributed by atoms with van der Waals surface area (Å²) in [5, 5.41) is 7.64. The van der Waals surface area contributed by atoms with Gasteiger partial charge in [-0.3, -0.25) is 4.79 Å². The van der Waals surface area contributed by atoms with Crippen molar-refractivity contribution in [1.82, 2.24) is 5.32 Å². The van der Waals surface area contributed by atoms with Crippen molar-refractivity contribution in [3.63, 3.8) is 0 Å². The molecule has 1 amide bonds. The molecule has 1 aliphatic heterocycles. The molecule has 0 saturated heterocycles. The predicted octanol–water partition coefficient (Wildman–Crippen LogP) is 4.89. The number of halogens is 1. The van der Waals surface area contributed by atoms with Gasteiger partial charge in [-0.1, -0.05) is 22.9 Å². The Kier molecular flexibility index (Phi) is 4.50. The third-order valence-electron chi connectivity index (χ3n) is 4.87. The van der Waals surface area contributed by atoms with Crippen LogP contribution in [-0.2, 0) is 12.8 Å². The van der Waals surface area contributed by atoms with Crippen molar-refractivity contribution in [3.05, 3.63) is 44.2 Å². The Labute approximate surface area is 160 Å². The zero-order chi connectivity index (χ0) is 17.6. The lowest BCUT2D eigenvalue weighted by molar-refractivity contribution is 0.0934. The van der Waals surface area contributed by atoms with Crippen LogP contribution in [0.15, 0.2) is 22.7 Å². The highest BCUT2D eigenvalue weighted by atomic mass is 79.9. The van der Waals surface area contributed by atoms with Gasteiger partial charge in [0, 0.05) is 14.9 Å². The number of carbonyl (C=O) groups is 1. The largest absolute Gasteiger partial charge is 0.493 e. The SMILES string of the molecule is CCOc1ccc(Br)cc1[C@@H]1NC(=O)c2c(sc3c2CC[C@H](C)C3)N1. The predicted molar refractivity (Wildman–Crippen MR) is 105 cm³/mol. The van der Waals surface area contributed by atoms with Crippen LogP contribution < -0.4 is 15.4 Å². The summed E-state index contributed by atoms with van der Waals surface area (Å²) in [4.78, 5) is 14.2. The molecular weight excluding hydrogens is 400 g/mol. The first-order chi connectivity index (χ1) is 12.1. The second-order valence-electron chi connectivity index (χ2n) is 6.72. The van der Waals surface area contributed by atoms with Crippen LogP contribution in [0.2, 0.25) is 0 Å². The highest BCUT2D eigenvalue weighted by Gasteiger charge is 2.34. The highest BCUT2D eigenvalue weighted by molar-refractivity contribution is 9.10. The van der Waals surface area contributed by atoms with E-state index in [0.29, 0.717) is 12.5 Å². The van der Waals surface area contributed by atoms with Crippen LogP contribution >= 0.6 is 27.3 Å². The fourth-order valence-corrected chi connectivity index (χ4v) is 5.47. The van der Waals surface area contributed by atoms with Gasteiger partial charge in [-0.05, 0) is 55.9 Å². The van der Waals surface area contributed by atoms with Crippen molar-refractivity contribution in [2.24, 2.45) is 5.92 Å².